The van der Waals surface area contributed by atoms with Crippen LogP contribution >= 0.6 is 7.82 Å². The van der Waals surface area contributed by atoms with Crippen LogP contribution < -0.4 is 5.32 Å². The molecule has 0 fully saturated rings. The molecule has 2 atom stereocenters. The Bertz CT molecular complexity index is 1000. The summed E-state index contributed by atoms with van der Waals surface area (Å²) in [4.78, 5) is 33.9. The summed E-state index contributed by atoms with van der Waals surface area (Å²) in [5.41, 5.74) is 0. The normalized spacial score (nSPS) is 13.6. The molecule has 2 unspecified atom stereocenters. The van der Waals surface area contributed by atoms with Gasteiger partial charge < -0.3 is 20.1 Å². The van der Waals surface area contributed by atoms with Crippen LogP contribution in [-0.2, 0) is 27.9 Å². The fraction of sp³-hybridized carbons (Fsp3) is 0.822. The summed E-state index contributed by atoms with van der Waals surface area (Å²) >= 11 is 0. The Kier molecular flexibility index (Phi) is 40.5. The molecule has 0 saturated carbocycles. The number of phosphoric ester groups is 1. The second-order valence-corrected chi connectivity index (χ2v) is 16.5. The zero-order valence-corrected chi connectivity index (χ0v) is 36.3. The smallest absolute Gasteiger partial charge is 0.463 e. The number of hydrogen-bond donors (Lipinski definition) is 3. The first-order valence-corrected chi connectivity index (χ1v) is 24.0. The number of rotatable bonds is 42. The molecule has 0 aliphatic carbocycles. The zero-order valence-electron chi connectivity index (χ0n) is 35.4. The van der Waals surface area contributed by atoms with Gasteiger partial charge in [-0.2, -0.15) is 0 Å². The summed E-state index contributed by atoms with van der Waals surface area (Å²) < 4.78 is 26.9. The molecule has 0 aromatic heterocycles. The molecule has 9 nitrogen and oxygen atoms in total. The number of hydrogen-bond acceptors (Lipinski definition) is 7. The van der Waals surface area contributed by atoms with Crippen LogP contribution in [0.5, 0.6) is 0 Å². The van der Waals surface area contributed by atoms with E-state index in [1.165, 1.54) is 109 Å². The van der Waals surface area contributed by atoms with E-state index in [1.807, 2.05) is 0 Å². The number of ether oxygens (including phenoxy) is 1. The fourth-order valence-corrected chi connectivity index (χ4v) is 6.87. The summed E-state index contributed by atoms with van der Waals surface area (Å²) in [7, 11) is -4.42. The quantitative estimate of drug-likeness (QED) is 0.0241. The molecule has 0 bridgehead atoms. The highest BCUT2D eigenvalue weighted by Gasteiger charge is 2.23. The third-order valence-electron chi connectivity index (χ3n) is 9.54. The highest BCUT2D eigenvalue weighted by atomic mass is 31.2. The first-order chi connectivity index (χ1) is 26.8. The van der Waals surface area contributed by atoms with Gasteiger partial charge in [-0.1, -0.05) is 159 Å². The van der Waals surface area contributed by atoms with Gasteiger partial charge in [0, 0.05) is 19.4 Å². The highest BCUT2D eigenvalue weighted by Crippen LogP contribution is 2.42. The van der Waals surface area contributed by atoms with E-state index in [2.05, 4.69) is 55.6 Å². The third-order valence-corrected chi connectivity index (χ3v) is 10.5. The summed E-state index contributed by atoms with van der Waals surface area (Å²) in [6.07, 6.45) is 46.4. The Balaban J connectivity index is 3.61. The summed E-state index contributed by atoms with van der Waals surface area (Å²) in [5.74, 6) is -0.530. The summed E-state index contributed by atoms with van der Waals surface area (Å²) in [5, 5.41) is 12.7. The van der Waals surface area contributed by atoms with Gasteiger partial charge in [-0.25, -0.2) is 4.57 Å². The molecule has 55 heavy (non-hydrogen) atoms. The second kappa shape index (κ2) is 41.9. The lowest BCUT2D eigenvalue weighted by Gasteiger charge is -2.15. The van der Waals surface area contributed by atoms with Crippen molar-refractivity contribution in [2.24, 2.45) is 0 Å². The Morgan fingerprint density at radius 2 is 0.982 bits per heavy atom. The van der Waals surface area contributed by atoms with Crippen LogP contribution in [0.15, 0.2) is 36.5 Å². The van der Waals surface area contributed by atoms with Crippen LogP contribution in [0.3, 0.4) is 0 Å². The van der Waals surface area contributed by atoms with E-state index >= 15 is 0 Å². The van der Waals surface area contributed by atoms with Crippen molar-refractivity contribution in [3.8, 4) is 0 Å². The predicted octanol–water partition coefficient (Wildman–Crippen LogP) is 12.6. The molecule has 3 N–H and O–H groups in total. The number of phosphoric acid groups is 1. The maximum atomic E-state index is 12.1. The number of carbonyl (C=O) groups excluding carboxylic acids is 2. The van der Waals surface area contributed by atoms with Crippen molar-refractivity contribution in [2.45, 2.75) is 213 Å². The van der Waals surface area contributed by atoms with Gasteiger partial charge in [0.25, 0.3) is 0 Å². The molecule has 0 spiro atoms. The van der Waals surface area contributed by atoms with Crippen LogP contribution in [0.1, 0.15) is 206 Å². The van der Waals surface area contributed by atoms with Gasteiger partial charge in [0.05, 0.1) is 13.2 Å². The molecular formula is C45H84NO8P. The first kappa shape index (κ1) is 53.2. The van der Waals surface area contributed by atoms with E-state index in [9.17, 15) is 24.2 Å². The molecule has 0 radical (unpaired) electrons. The van der Waals surface area contributed by atoms with Crippen LogP contribution in [0.25, 0.3) is 0 Å². The number of allylic oxidation sites excluding steroid dienone is 6. The first-order valence-electron chi connectivity index (χ1n) is 22.5. The number of aliphatic hydroxyl groups is 1. The molecule has 1 amide bonds. The number of carbonyl (C=O) groups is 2. The van der Waals surface area contributed by atoms with Crippen LogP contribution in [0.2, 0.25) is 0 Å². The van der Waals surface area contributed by atoms with Crippen molar-refractivity contribution in [1.82, 2.24) is 5.32 Å². The number of esters is 1. The van der Waals surface area contributed by atoms with Crippen LogP contribution in [0.4, 0.5) is 0 Å². The minimum Gasteiger partial charge on any atom is -0.463 e. The van der Waals surface area contributed by atoms with Crippen LogP contribution in [0, 0.1) is 0 Å². The van der Waals surface area contributed by atoms with Crippen LogP contribution in [-0.4, -0.2) is 54.3 Å². The molecular weight excluding hydrogens is 713 g/mol. The zero-order chi connectivity index (χ0) is 40.3. The fourth-order valence-electron chi connectivity index (χ4n) is 6.11. The van der Waals surface area contributed by atoms with Crippen molar-refractivity contribution in [1.29, 1.82) is 0 Å². The monoisotopic (exact) mass is 798 g/mol. The molecule has 0 aromatic rings. The highest BCUT2D eigenvalue weighted by molar-refractivity contribution is 7.47. The van der Waals surface area contributed by atoms with E-state index in [4.69, 9.17) is 13.8 Å². The van der Waals surface area contributed by atoms with Crippen molar-refractivity contribution in [3.63, 3.8) is 0 Å². The molecule has 0 aromatic carbocycles. The molecule has 0 saturated heterocycles. The van der Waals surface area contributed by atoms with Crippen molar-refractivity contribution < 1.29 is 37.9 Å². The Morgan fingerprint density at radius 3 is 1.49 bits per heavy atom. The molecule has 0 aliphatic rings. The summed E-state index contributed by atoms with van der Waals surface area (Å²) in [6, 6.07) is 0. The number of nitrogens with one attached hydrogen (secondary N) is 1. The van der Waals surface area contributed by atoms with E-state index in [1.54, 1.807) is 0 Å². The van der Waals surface area contributed by atoms with E-state index < -0.39 is 26.5 Å². The molecule has 0 rings (SSSR count). The van der Waals surface area contributed by atoms with Crippen molar-refractivity contribution in [3.05, 3.63) is 36.5 Å². The molecule has 0 aliphatic heterocycles. The average molecular weight is 798 g/mol. The Hall–Kier alpha value is -1.77. The number of unbranched alkanes of at least 4 members (excludes halogenated alkanes) is 23. The number of aliphatic hydroxyl groups excluding tert-OH is 1. The molecule has 322 valence electrons. The maximum Gasteiger partial charge on any atom is 0.472 e. The lowest BCUT2D eigenvalue weighted by Crippen LogP contribution is -2.27. The van der Waals surface area contributed by atoms with Crippen molar-refractivity contribution >= 4 is 19.7 Å². The second-order valence-electron chi connectivity index (χ2n) is 15.0. The van der Waals surface area contributed by atoms with E-state index in [-0.39, 0.29) is 32.1 Å². The van der Waals surface area contributed by atoms with Gasteiger partial charge in [0.2, 0.25) is 5.91 Å². The van der Waals surface area contributed by atoms with Gasteiger partial charge in [-0.15, -0.1) is 0 Å². The van der Waals surface area contributed by atoms with Gasteiger partial charge in [0.1, 0.15) is 12.7 Å². The van der Waals surface area contributed by atoms with Gasteiger partial charge in [0.15, 0.2) is 0 Å². The predicted molar refractivity (Wildman–Crippen MR) is 229 cm³/mol. The Labute approximate surface area is 337 Å². The van der Waals surface area contributed by atoms with Gasteiger partial charge in [-0.3, -0.25) is 18.6 Å². The topological polar surface area (TPSA) is 131 Å². The number of amides is 1. The largest absolute Gasteiger partial charge is 0.472 e. The lowest BCUT2D eigenvalue weighted by atomic mass is 10.1. The van der Waals surface area contributed by atoms with E-state index in [0.717, 1.165) is 70.6 Å². The minimum atomic E-state index is -4.42. The molecule has 0 heterocycles. The maximum absolute atomic E-state index is 12.1. The average Bonchev–Trinajstić information content (AvgIpc) is 3.17. The standard InChI is InChI=1S/C45H84NO8P/c1-3-5-7-9-11-13-15-17-19-21-22-23-25-27-29-31-33-35-37-44(48)46-39-40-53-55(50,51)54-42-43(47)41-52-45(49)38-36-34-32-30-28-26-24-20-18-16-14-12-10-8-6-4-2/h13,15,19-21,24,43,47H,3-12,14,16-18,22-23,25-42H2,1-2H3,(H,46,48)(H,50,51)/b15-13-,21-19-,24-20-. The lowest BCUT2D eigenvalue weighted by molar-refractivity contribution is -0.147. The minimum absolute atomic E-state index is 0.0765. The molecule has 10 heteroatoms. The third kappa shape index (κ3) is 43.2. The van der Waals surface area contributed by atoms with Crippen molar-refractivity contribution in [2.75, 3.05) is 26.4 Å². The van der Waals surface area contributed by atoms with E-state index in [0.29, 0.717) is 6.42 Å². The SMILES string of the molecule is CCCCCC/C=C\C/C=C\CCCCCCCCCC(=O)NCCOP(=O)(O)OCC(O)COC(=O)CCCCCCC/C=C\CCCCCCCCC. The summed E-state index contributed by atoms with van der Waals surface area (Å²) in [6.45, 7) is 3.53. The Morgan fingerprint density at radius 1 is 0.564 bits per heavy atom. The van der Waals surface area contributed by atoms with Gasteiger partial charge >= 0.3 is 13.8 Å². The van der Waals surface area contributed by atoms with Gasteiger partial charge in [-0.05, 0) is 70.6 Å².